The molecule has 0 aromatic rings. The van der Waals surface area contributed by atoms with Gasteiger partial charge in [0.05, 0.1) is 11.2 Å². The third-order valence-electron chi connectivity index (χ3n) is 4.47. The second-order valence-corrected chi connectivity index (χ2v) is 5.54. The van der Waals surface area contributed by atoms with Gasteiger partial charge < -0.3 is 10.2 Å². The fraction of sp³-hybridized carbons (Fsp3) is 0.909. The van der Waals surface area contributed by atoms with Gasteiger partial charge in [-0.05, 0) is 43.4 Å². The monoisotopic (exact) mass is 181 g/mol. The van der Waals surface area contributed by atoms with Gasteiger partial charge in [0.1, 0.15) is 0 Å². The Bertz CT molecular complexity index is 252. The van der Waals surface area contributed by atoms with E-state index in [9.17, 15) is 10.2 Å². The van der Waals surface area contributed by atoms with Crippen molar-refractivity contribution in [1.82, 2.24) is 0 Å². The molecule has 4 rings (SSSR count). The molecular formula is C11H17O2. The van der Waals surface area contributed by atoms with Crippen molar-refractivity contribution in [3.63, 3.8) is 0 Å². The molecule has 4 unspecified atom stereocenters. The molecule has 0 aliphatic heterocycles. The minimum absolute atomic E-state index is 0.323. The van der Waals surface area contributed by atoms with Crippen LogP contribution in [0.2, 0.25) is 0 Å². The van der Waals surface area contributed by atoms with Crippen molar-refractivity contribution >= 4 is 0 Å². The molecule has 2 nitrogen and oxygen atoms in total. The Hall–Kier alpha value is -0.0800. The van der Waals surface area contributed by atoms with E-state index < -0.39 is 11.2 Å². The van der Waals surface area contributed by atoms with Crippen LogP contribution in [-0.2, 0) is 0 Å². The average molecular weight is 181 g/mol. The van der Waals surface area contributed by atoms with Crippen LogP contribution in [0.3, 0.4) is 0 Å². The van der Waals surface area contributed by atoms with E-state index >= 15 is 0 Å². The van der Waals surface area contributed by atoms with Crippen LogP contribution in [0.4, 0.5) is 0 Å². The number of rotatable bonds is 0. The molecule has 0 amide bonds. The smallest absolute Gasteiger partial charge is 0.0708 e. The van der Waals surface area contributed by atoms with E-state index in [2.05, 4.69) is 6.92 Å². The Morgan fingerprint density at radius 1 is 1.31 bits per heavy atom. The van der Waals surface area contributed by atoms with Gasteiger partial charge in [0, 0.05) is 6.42 Å². The topological polar surface area (TPSA) is 40.5 Å². The molecule has 73 valence electrons. The number of aliphatic hydroxyl groups is 2. The lowest BCUT2D eigenvalue weighted by atomic mass is 9.48. The molecule has 1 radical (unpaired) electrons. The zero-order chi connectivity index (χ0) is 9.27. The summed E-state index contributed by atoms with van der Waals surface area (Å²) in [4.78, 5) is 0. The Balaban J connectivity index is 2.01. The first-order valence-electron chi connectivity index (χ1n) is 5.30. The molecule has 0 spiro atoms. The highest BCUT2D eigenvalue weighted by Crippen LogP contribution is 2.60. The van der Waals surface area contributed by atoms with Crippen LogP contribution in [0, 0.1) is 17.8 Å². The first-order valence-corrected chi connectivity index (χ1v) is 5.30. The van der Waals surface area contributed by atoms with Gasteiger partial charge in [0.2, 0.25) is 0 Å². The van der Waals surface area contributed by atoms with Crippen LogP contribution >= 0.6 is 0 Å². The van der Waals surface area contributed by atoms with Gasteiger partial charge in [-0.15, -0.1) is 0 Å². The predicted molar refractivity (Wildman–Crippen MR) is 48.9 cm³/mol. The SMILES string of the molecule is CC1[C]2CC3CC(O)(C2)CC1(O)C3. The molecule has 4 atom stereocenters. The Morgan fingerprint density at radius 2 is 2.08 bits per heavy atom. The highest BCUT2D eigenvalue weighted by atomic mass is 16.3. The minimum atomic E-state index is -0.566. The maximum atomic E-state index is 10.4. The molecule has 4 aliphatic carbocycles. The molecule has 13 heavy (non-hydrogen) atoms. The third-order valence-corrected chi connectivity index (χ3v) is 4.47. The molecule has 0 aromatic heterocycles. The summed E-state index contributed by atoms with van der Waals surface area (Å²) in [7, 11) is 0. The molecule has 0 heterocycles. The van der Waals surface area contributed by atoms with E-state index in [1.165, 1.54) is 5.92 Å². The Morgan fingerprint density at radius 3 is 2.69 bits per heavy atom. The molecular weight excluding hydrogens is 164 g/mol. The highest BCUT2D eigenvalue weighted by molar-refractivity contribution is 5.23. The van der Waals surface area contributed by atoms with Gasteiger partial charge in [-0.3, -0.25) is 0 Å². The van der Waals surface area contributed by atoms with Crippen LogP contribution in [0.15, 0.2) is 0 Å². The first-order chi connectivity index (χ1) is 6.01. The lowest BCUT2D eigenvalue weighted by Crippen LogP contribution is -2.62. The van der Waals surface area contributed by atoms with Crippen molar-refractivity contribution in [3.05, 3.63) is 5.92 Å². The van der Waals surface area contributed by atoms with Crippen molar-refractivity contribution in [2.75, 3.05) is 0 Å². The summed E-state index contributed by atoms with van der Waals surface area (Å²) in [5, 5.41) is 20.6. The summed E-state index contributed by atoms with van der Waals surface area (Å²) < 4.78 is 0. The maximum Gasteiger partial charge on any atom is 0.0708 e. The summed E-state index contributed by atoms with van der Waals surface area (Å²) in [6, 6.07) is 0. The Kier molecular flexibility index (Phi) is 1.34. The van der Waals surface area contributed by atoms with Crippen LogP contribution in [0.5, 0.6) is 0 Å². The van der Waals surface area contributed by atoms with Crippen molar-refractivity contribution in [1.29, 1.82) is 0 Å². The van der Waals surface area contributed by atoms with E-state index in [-0.39, 0.29) is 0 Å². The summed E-state index contributed by atoms with van der Waals surface area (Å²) >= 11 is 0. The predicted octanol–water partition coefficient (Wildman–Crippen LogP) is 1.27. The van der Waals surface area contributed by atoms with E-state index in [0.29, 0.717) is 18.3 Å². The molecule has 4 aliphatic rings. The van der Waals surface area contributed by atoms with Gasteiger partial charge in [0.15, 0.2) is 0 Å². The zero-order valence-corrected chi connectivity index (χ0v) is 8.08. The first kappa shape index (κ1) is 8.25. The third kappa shape index (κ3) is 0.962. The second kappa shape index (κ2) is 2.12. The standard InChI is InChI=1S/C11H17O2/c1-7-9-2-8-3-10(12,5-9)6-11(7,13)4-8/h7-8,12-13H,2-6H2,1H3. The van der Waals surface area contributed by atoms with Gasteiger partial charge in [-0.25, -0.2) is 0 Å². The van der Waals surface area contributed by atoms with Gasteiger partial charge >= 0.3 is 0 Å². The van der Waals surface area contributed by atoms with Gasteiger partial charge in [-0.2, -0.15) is 0 Å². The quantitative estimate of drug-likeness (QED) is 0.590. The van der Waals surface area contributed by atoms with E-state index in [0.717, 1.165) is 25.7 Å². The Labute approximate surface area is 79.0 Å². The van der Waals surface area contributed by atoms with E-state index in [4.69, 9.17) is 0 Å². The summed E-state index contributed by atoms with van der Waals surface area (Å²) in [6.07, 6.45) is 4.46. The summed E-state index contributed by atoms with van der Waals surface area (Å²) in [5.74, 6) is 2.30. The van der Waals surface area contributed by atoms with Crippen LogP contribution in [0.1, 0.15) is 39.0 Å². The van der Waals surface area contributed by atoms with Crippen molar-refractivity contribution < 1.29 is 10.2 Å². The minimum Gasteiger partial charge on any atom is -0.390 e. The van der Waals surface area contributed by atoms with Gasteiger partial charge in [0.25, 0.3) is 0 Å². The highest BCUT2D eigenvalue weighted by Gasteiger charge is 2.60. The largest absolute Gasteiger partial charge is 0.390 e. The van der Waals surface area contributed by atoms with E-state index in [1.54, 1.807) is 0 Å². The van der Waals surface area contributed by atoms with Crippen LogP contribution in [0.25, 0.3) is 0 Å². The summed E-state index contributed by atoms with van der Waals surface area (Å²) in [6.45, 7) is 2.12. The number of hydrogen-bond donors (Lipinski definition) is 2. The van der Waals surface area contributed by atoms with Crippen molar-refractivity contribution in [2.24, 2.45) is 11.8 Å². The molecule has 0 saturated heterocycles. The molecule has 2 heteroatoms. The van der Waals surface area contributed by atoms with Gasteiger partial charge in [-0.1, -0.05) is 6.92 Å². The fourth-order valence-corrected chi connectivity index (χ4v) is 4.01. The van der Waals surface area contributed by atoms with Crippen LogP contribution < -0.4 is 0 Å². The van der Waals surface area contributed by atoms with Crippen molar-refractivity contribution in [3.8, 4) is 0 Å². The van der Waals surface area contributed by atoms with Crippen molar-refractivity contribution in [2.45, 2.75) is 50.2 Å². The lowest BCUT2D eigenvalue weighted by Gasteiger charge is -2.61. The number of hydrogen-bond acceptors (Lipinski definition) is 2. The van der Waals surface area contributed by atoms with E-state index in [1.807, 2.05) is 0 Å². The zero-order valence-electron chi connectivity index (χ0n) is 8.08. The normalized spacial score (nSPS) is 60.2. The second-order valence-electron chi connectivity index (χ2n) is 5.54. The molecule has 4 fully saturated rings. The van der Waals surface area contributed by atoms with Crippen LogP contribution in [-0.4, -0.2) is 21.4 Å². The fourth-order valence-electron chi connectivity index (χ4n) is 4.01. The molecule has 4 saturated carbocycles. The average Bonchev–Trinajstić information content (AvgIpc) is 1.96. The molecule has 0 aromatic carbocycles. The molecule has 4 bridgehead atoms. The maximum absolute atomic E-state index is 10.4. The lowest BCUT2D eigenvalue weighted by molar-refractivity contribution is -0.189. The summed E-state index contributed by atoms with van der Waals surface area (Å²) in [5.41, 5.74) is -1.11. The molecule has 2 N–H and O–H groups in total.